The summed E-state index contributed by atoms with van der Waals surface area (Å²) in [7, 11) is 0. The maximum atomic E-state index is 12.9. The van der Waals surface area contributed by atoms with Gasteiger partial charge in [0, 0.05) is 49.6 Å². The lowest BCUT2D eigenvalue weighted by molar-refractivity contribution is -0.138. The van der Waals surface area contributed by atoms with Crippen LogP contribution >= 0.6 is 0 Å². The van der Waals surface area contributed by atoms with Crippen molar-refractivity contribution in [2.45, 2.75) is 86.0 Å². The van der Waals surface area contributed by atoms with E-state index in [4.69, 9.17) is 5.11 Å². The monoisotopic (exact) mass is 535 g/mol. The van der Waals surface area contributed by atoms with E-state index in [0.717, 1.165) is 37.8 Å². The third-order valence-electron chi connectivity index (χ3n) is 5.81. The number of nitrogens with zero attached hydrogens (tertiary/aromatic N) is 2. The molecule has 0 aromatic rings. The average molecular weight is 536 g/mol. The molecule has 39 heavy (non-hydrogen) atoms. The summed E-state index contributed by atoms with van der Waals surface area (Å²) in [6, 6.07) is 0. The van der Waals surface area contributed by atoms with E-state index in [0.29, 0.717) is 19.4 Å². The zero-order valence-corrected chi connectivity index (χ0v) is 24.7. The van der Waals surface area contributed by atoms with Crippen LogP contribution in [0.4, 0.5) is 0 Å². The number of carboxylic acid groups (broad SMARTS) is 1. The molecule has 0 bridgehead atoms. The predicted molar refractivity (Wildman–Crippen MR) is 166 cm³/mol. The fraction of sp³-hybridized carbons (Fsp3) is 0.515. The Morgan fingerprint density at radius 2 is 1.92 bits per heavy atom. The summed E-state index contributed by atoms with van der Waals surface area (Å²) in [5.74, 6) is 4.84. The van der Waals surface area contributed by atoms with Gasteiger partial charge in [0.1, 0.15) is 5.92 Å². The number of hydrogen-bond acceptors (Lipinski definition) is 4. The van der Waals surface area contributed by atoms with E-state index < -0.39 is 11.9 Å². The minimum absolute atomic E-state index is 0.0896. The number of rotatable bonds is 19. The van der Waals surface area contributed by atoms with Gasteiger partial charge < -0.3 is 10.4 Å². The molecular weight excluding hydrogens is 486 g/mol. The van der Waals surface area contributed by atoms with Crippen molar-refractivity contribution in [3.05, 3.63) is 60.5 Å². The molecule has 0 aliphatic rings. The molecular formula is C33H49N3O3. The van der Waals surface area contributed by atoms with E-state index in [9.17, 15) is 9.59 Å². The Morgan fingerprint density at radius 3 is 2.59 bits per heavy atom. The van der Waals surface area contributed by atoms with Gasteiger partial charge in [-0.3, -0.25) is 19.6 Å². The van der Waals surface area contributed by atoms with Crippen molar-refractivity contribution in [2.24, 2.45) is 27.7 Å². The molecule has 0 saturated heterocycles. The van der Waals surface area contributed by atoms with Crippen LogP contribution in [0.15, 0.2) is 70.5 Å². The molecule has 214 valence electrons. The summed E-state index contributed by atoms with van der Waals surface area (Å²) in [5.41, 5.74) is 2.21. The summed E-state index contributed by atoms with van der Waals surface area (Å²) in [5, 5.41) is 11.9. The molecule has 1 amide bonds. The molecule has 0 spiro atoms. The number of carbonyl (C=O) groups is 2. The second-order valence-electron chi connectivity index (χ2n) is 9.64. The third kappa shape index (κ3) is 21.2. The van der Waals surface area contributed by atoms with Gasteiger partial charge in [0.2, 0.25) is 5.91 Å². The Kier molecular flexibility index (Phi) is 21.5. The second kappa shape index (κ2) is 23.6. The fourth-order valence-electron chi connectivity index (χ4n) is 3.44. The molecule has 6 nitrogen and oxygen atoms in total. The number of aliphatic carboxylic acids is 1. The van der Waals surface area contributed by atoms with Gasteiger partial charge in [-0.25, -0.2) is 0 Å². The van der Waals surface area contributed by atoms with E-state index in [-0.39, 0.29) is 24.2 Å². The number of allylic oxidation sites excluding steroid dienone is 6. The van der Waals surface area contributed by atoms with Crippen molar-refractivity contribution in [3.8, 4) is 11.8 Å². The van der Waals surface area contributed by atoms with E-state index >= 15 is 0 Å². The summed E-state index contributed by atoms with van der Waals surface area (Å²) < 4.78 is 0. The van der Waals surface area contributed by atoms with Crippen molar-refractivity contribution in [1.29, 1.82) is 0 Å². The number of nitrogens with one attached hydrogen (secondary N) is 1. The molecule has 0 heterocycles. The number of carbonyl (C=O) groups excluding carboxylic acids is 1. The van der Waals surface area contributed by atoms with Crippen molar-refractivity contribution in [3.63, 3.8) is 0 Å². The molecule has 3 atom stereocenters. The Balaban J connectivity index is 5.30. The zero-order valence-electron chi connectivity index (χ0n) is 24.7. The normalized spacial score (nSPS) is 15.0. The smallest absolute Gasteiger partial charge is 0.303 e. The standard InChI is InChI=1S/C33H49N3O3/c1-7-10-11-18-30(15-8-2)20-24-35-33(39)31(19-13-12-17-29(6)36-26-27(4)9-3)21-23-34-22-14-16-28(5)25-32(37)38/h7,9-10,17,20-23,26-28,31H,3,8,11-12,14-16,18,24-25H2,1-2,4-6H3,(H,35,39)(H,37,38)/b10-7-,23-21+,29-17+,30-20+,34-22?,36-26?/t27?,28-,31?/m0/s1. The number of aliphatic imine (C=N–C) groups is 2. The van der Waals surface area contributed by atoms with Crippen LogP contribution in [0.1, 0.15) is 86.0 Å². The van der Waals surface area contributed by atoms with Crippen LogP contribution in [0.2, 0.25) is 0 Å². The van der Waals surface area contributed by atoms with Gasteiger partial charge in [0.25, 0.3) is 0 Å². The minimum Gasteiger partial charge on any atom is -0.481 e. The summed E-state index contributed by atoms with van der Waals surface area (Å²) in [6.45, 7) is 14.2. The molecule has 0 fully saturated rings. The highest BCUT2D eigenvalue weighted by atomic mass is 16.4. The van der Waals surface area contributed by atoms with Gasteiger partial charge in [-0.05, 0) is 57.9 Å². The van der Waals surface area contributed by atoms with Crippen LogP contribution in [-0.2, 0) is 9.59 Å². The summed E-state index contributed by atoms with van der Waals surface area (Å²) >= 11 is 0. The van der Waals surface area contributed by atoms with Crippen molar-refractivity contribution >= 4 is 24.3 Å². The highest BCUT2D eigenvalue weighted by Gasteiger charge is 2.11. The van der Waals surface area contributed by atoms with E-state index in [1.165, 1.54) is 5.57 Å². The first-order valence-corrected chi connectivity index (χ1v) is 14.0. The van der Waals surface area contributed by atoms with E-state index in [1.54, 1.807) is 18.5 Å². The molecule has 0 aromatic carbocycles. The fourth-order valence-corrected chi connectivity index (χ4v) is 3.44. The molecule has 0 radical (unpaired) electrons. The first kappa shape index (κ1) is 35.5. The number of hydrogen-bond donors (Lipinski definition) is 2. The second-order valence-corrected chi connectivity index (χ2v) is 9.64. The van der Waals surface area contributed by atoms with Crippen LogP contribution in [0.5, 0.6) is 0 Å². The van der Waals surface area contributed by atoms with Gasteiger partial charge in [-0.2, -0.15) is 0 Å². The van der Waals surface area contributed by atoms with Crippen LogP contribution in [0.25, 0.3) is 0 Å². The maximum Gasteiger partial charge on any atom is 0.303 e. The molecule has 0 aliphatic carbocycles. The van der Waals surface area contributed by atoms with E-state index in [2.05, 4.69) is 58.9 Å². The minimum atomic E-state index is -0.788. The SMILES string of the molecule is C=CC(C)C=N/C(C)=C/CC#CC(/C=C/N=CCC[C@H](C)CC(=O)O)C(=O)NC/C=C(\CCC)CC/C=C\C. The number of carboxylic acids is 1. The summed E-state index contributed by atoms with van der Waals surface area (Å²) in [6.07, 6.45) is 23.1. The molecule has 0 aromatic heterocycles. The largest absolute Gasteiger partial charge is 0.481 e. The molecule has 0 aliphatic heterocycles. The number of amides is 1. The lowest BCUT2D eigenvalue weighted by atomic mass is 10.0. The molecule has 6 heteroatoms. The summed E-state index contributed by atoms with van der Waals surface area (Å²) in [4.78, 5) is 32.4. The van der Waals surface area contributed by atoms with Crippen molar-refractivity contribution in [1.82, 2.24) is 5.32 Å². The third-order valence-corrected chi connectivity index (χ3v) is 5.81. The van der Waals surface area contributed by atoms with Gasteiger partial charge in [-0.15, -0.1) is 6.58 Å². The lowest BCUT2D eigenvalue weighted by Crippen LogP contribution is -2.29. The van der Waals surface area contributed by atoms with Gasteiger partial charge in [0.15, 0.2) is 0 Å². The zero-order chi connectivity index (χ0) is 29.3. The first-order chi connectivity index (χ1) is 18.7. The molecule has 0 saturated carbocycles. The Morgan fingerprint density at radius 1 is 1.15 bits per heavy atom. The highest BCUT2D eigenvalue weighted by molar-refractivity contribution is 5.83. The van der Waals surface area contributed by atoms with Crippen LogP contribution in [0, 0.1) is 29.6 Å². The quantitative estimate of drug-likeness (QED) is 0.102. The van der Waals surface area contributed by atoms with Gasteiger partial charge >= 0.3 is 5.97 Å². The van der Waals surface area contributed by atoms with Crippen LogP contribution in [-0.4, -0.2) is 36.0 Å². The van der Waals surface area contributed by atoms with Crippen molar-refractivity contribution < 1.29 is 14.7 Å². The predicted octanol–water partition coefficient (Wildman–Crippen LogP) is 7.47. The average Bonchev–Trinajstić information content (AvgIpc) is 2.89. The first-order valence-electron chi connectivity index (χ1n) is 14.0. The van der Waals surface area contributed by atoms with E-state index in [1.807, 2.05) is 46.1 Å². The molecule has 2 N–H and O–H groups in total. The maximum absolute atomic E-state index is 12.9. The topological polar surface area (TPSA) is 91.1 Å². The molecule has 0 rings (SSSR count). The van der Waals surface area contributed by atoms with Gasteiger partial charge in [0.05, 0.1) is 0 Å². The van der Waals surface area contributed by atoms with Crippen molar-refractivity contribution in [2.75, 3.05) is 6.54 Å². The Bertz CT molecular complexity index is 974. The van der Waals surface area contributed by atoms with Gasteiger partial charge in [-0.1, -0.05) is 75.0 Å². The lowest BCUT2D eigenvalue weighted by Gasteiger charge is -2.08. The Hall–Kier alpha value is -3.46. The Labute approximate surface area is 236 Å². The van der Waals surface area contributed by atoms with Crippen LogP contribution < -0.4 is 5.32 Å². The van der Waals surface area contributed by atoms with Crippen LogP contribution in [0.3, 0.4) is 0 Å². The highest BCUT2D eigenvalue weighted by Crippen LogP contribution is 2.12. The molecule has 2 unspecified atom stereocenters.